The van der Waals surface area contributed by atoms with E-state index in [9.17, 15) is 23.9 Å². The van der Waals surface area contributed by atoms with E-state index >= 15 is 0 Å². The largest absolute Gasteiger partial charge is 0.440 e. The molecule has 2 aromatic carbocycles. The van der Waals surface area contributed by atoms with E-state index in [1.807, 2.05) is 19.9 Å². The van der Waals surface area contributed by atoms with Crippen LogP contribution in [0.2, 0.25) is 5.02 Å². The van der Waals surface area contributed by atoms with Gasteiger partial charge in [0.2, 0.25) is 11.8 Å². The molecule has 0 radical (unpaired) electrons. The molecule has 1 saturated heterocycles. The first-order chi connectivity index (χ1) is 20.9. The normalized spacial score (nSPS) is 20.2. The molecule has 1 aliphatic heterocycles. The Morgan fingerprint density at radius 1 is 1.09 bits per heavy atom. The summed E-state index contributed by atoms with van der Waals surface area (Å²) in [5.74, 6) is -1.08. The summed E-state index contributed by atoms with van der Waals surface area (Å²) in [7, 11) is 0. The second-order valence-corrected chi connectivity index (χ2v) is 13.5. The Labute approximate surface area is 264 Å². The lowest BCUT2D eigenvalue weighted by molar-refractivity contribution is -0.130. The van der Waals surface area contributed by atoms with Crippen LogP contribution in [0.4, 0.5) is 9.18 Å². The van der Waals surface area contributed by atoms with Crippen LogP contribution < -0.4 is 16.0 Å². The molecule has 4 atom stereocenters. The predicted octanol–water partition coefficient (Wildman–Crippen LogP) is 5.96. The van der Waals surface area contributed by atoms with Crippen LogP contribution in [-0.2, 0) is 19.7 Å². The fourth-order valence-corrected chi connectivity index (χ4v) is 6.80. The van der Waals surface area contributed by atoms with Crippen LogP contribution in [0.3, 0.4) is 0 Å². The van der Waals surface area contributed by atoms with E-state index in [4.69, 9.17) is 16.3 Å². The number of hydrogen-bond donors (Lipinski definition) is 4. The van der Waals surface area contributed by atoms with Crippen LogP contribution in [-0.4, -0.2) is 47.7 Å². The lowest BCUT2D eigenvalue weighted by Gasteiger charge is -2.38. The van der Waals surface area contributed by atoms with E-state index in [1.54, 1.807) is 37.3 Å². The molecule has 2 aromatic rings. The zero-order valence-corrected chi connectivity index (χ0v) is 26.6. The van der Waals surface area contributed by atoms with Crippen LogP contribution in [0.15, 0.2) is 48.5 Å². The van der Waals surface area contributed by atoms with E-state index in [0.717, 1.165) is 37.7 Å². The molecule has 0 spiro atoms. The fraction of sp³-hybridized carbons (Fsp3) is 0.559. The summed E-state index contributed by atoms with van der Waals surface area (Å²) in [4.78, 5) is 39.8. The second kappa shape index (κ2) is 14.7. The molecule has 240 valence electrons. The highest BCUT2D eigenvalue weighted by atomic mass is 35.5. The maximum atomic E-state index is 14.4. The molecule has 2 fully saturated rings. The van der Waals surface area contributed by atoms with Gasteiger partial charge in [-0.3, -0.25) is 9.59 Å². The monoisotopic (exact) mass is 629 g/mol. The molecule has 4 N–H and O–H groups in total. The molecule has 1 unspecified atom stereocenters. The SMILES string of the molecule is CC(C)(c1cccc(Cl)c1)C(OC(=O)N[C@](C)(CC1CCCCC1)C(=O)N[C@H](CO)C[C@@H]1CCNC1=O)c1cccc(F)c1. The topological polar surface area (TPSA) is 117 Å². The number of benzene rings is 2. The average molecular weight is 630 g/mol. The Balaban J connectivity index is 1.58. The third-order valence-electron chi connectivity index (χ3n) is 9.19. The molecule has 44 heavy (non-hydrogen) atoms. The molecule has 4 rings (SSSR count). The number of nitrogens with one attached hydrogen (secondary N) is 3. The van der Waals surface area contributed by atoms with Gasteiger partial charge in [-0.1, -0.05) is 81.8 Å². The minimum absolute atomic E-state index is 0.0879. The van der Waals surface area contributed by atoms with Crippen LogP contribution in [0, 0.1) is 17.7 Å². The van der Waals surface area contributed by atoms with Gasteiger partial charge in [0, 0.05) is 22.9 Å². The van der Waals surface area contributed by atoms with Gasteiger partial charge in [-0.05, 0) is 67.5 Å². The molecule has 1 heterocycles. The summed E-state index contributed by atoms with van der Waals surface area (Å²) in [6.45, 7) is 5.69. The van der Waals surface area contributed by atoms with Gasteiger partial charge in [0.25, 0.3) is 0 Å². The summed E-state index contributed by atoms with van der Waals surface area (Å²) >= 11 is 6.30. The minimum atomic E-state index is -1.36. The van der Waals surface area contributed by atoms with Crippen LogP contribution in [0.1, 0.15) is 89.4 Å². The quantitative estimate of drug-likeness (QED) is 0.231. The molecule has 1 saturated carbocycles. The molecule has 1 aliphatic carbocycles. The Bertz CT molecular complexity index is 1320. The van der Waals surface area contributed by atoms with Gasteiger partial charge >= 0.3 is 6.09 Å². The third kappa shape index (κ3) is 8.51. The molecule has 0 aromatic heterocycles. The van der Waals surface area contributed by atoms with Crippen molar-refractivity contribution >= 4 is 29.5 Å². The standard InChI is InChI=1S/C34H45ClFN3O5/c1-33(2,25-12-8-13-26(35)19-25)29(23-11-7-14-27(36)17-23)44-32(43)39-34(3,20-22-9-5-4-6-10-22)31(42)38-28(21-40)18-24-15-16-37-30(24)41/h7-8,11-14,17,19,22,24,28-29,40H,4-6,9-10,15-16,18,20-21H2,1-3H3,(H,37,41)(H,38,42)(H,39,43)/t24-,28-,29?,34+/m0/s1. The summed E-state index contributed by atoms with van der Waals surface area (Å²) in [6, 6.07) is 12.5. The number of aliphatic hydroxyl groups is 1. The van der Waals surface area contributed by atoms with Crippen LogP contribution in [0.5, 0.6) is 0 Å². The smallest absolute Gasteiger partial charge is 0.408 e. The first-order valence-electron chi connectivity index (χ1n) is 15.6. The van der Waals surface area contributed by atoms with Gasteiger partial charge in [-0.15, -0.1) is 0 Å². The van der Waals surface area contributed by atoms with Crippen molar-refractivity contribution in [2.45, 2.75) is 95.2 Å². The van der Waals surface area contributed by atoms with Gasteiger partial charge in [-0.2, -0.15) is 0 Å². The van der Waals surface area contributed by atoms with Crippen molar-refractivity contribution in [2.75, 3.05) is 13.2 Å². The van der Waals surface area contributed by atoms with Crippen LogP contribution >= 0.6 is 11.6 Å². The maximum Gasteiger partial charge on any atom is 0.408 e. The van der Waals surface area contributed by atoms with Gasteiger partial charge in [0.1, 0.15) is 17.5 Å². The van der Waals surface area contributed by atoms with Crippen molar-refractivity contribution in [3.8, 4) is 0 Å². The first kappa shape index (κ1) is 33.7. The summed E-state index contributed by atoms with van der Waals surface area (Å²) < 4.78 is 20.5. The average Bonchev–Trinajstić information content (AvgIpc) is 3.39. The third-order valence-corrected chi connectivity index (χ3v) is 9.42. The molecular formula is C34H45ClFN3O5. The number of carbonyl (C=O) groups is 3. The van der Waals surface area contributed by atoms with Crippen molar-refractivity contribution < 1.29 is 28.6 Å². The molecule has 2 aliphatic rings. The van der Waals surface area contributed by atoms with Crippen molar-refractivity contribution in [1.82, 2.24) is 16.0 Å². The van der Waals surface area contributed by atoms with E-state index in [1.165, 1.54) is 12.1 Å². The lowest BCUT2D eigenvalue weighted by atomic mass is 9.76. The first-order valence-corrected chi connectivity index (χ1v) is 16.0. The Hall–Kier alpha value is -3.17. The molecule has 8 nitrogen and oxygen atoms in total. The van der Waals surface area contributed by atoms with Gasteiger partial charge in [0.05, 0.1) is 12.6 Å². The zero-order valence-electron chi connectivity index (χ0n) is 25.8. The van der Waals surface area contributed by atoms with E-state index in [-0.39, 0.29) is 24.3 Å². The van der Waals surface area contributed by atoms with Gasteiger partial charge in [0.15, 0.2) is 0 Å². The maximum absolute atomic E-state index is 14.4. The second-order valence-electron chi connectivity index (χ2n) is 13.1. The highest BCUT2D eigenvalue weighted by Gasteiger charge is 2.42. The highest BCUT2D eigenvalue weighted by molar-refractivity contribution is 6.30. The Morgan fingerprint density at radius 2 is 1.82 bits per heavy atom. The summed E-state index contributed by atoms with van der Waals surface area (Å²) in [5.41, 5.74) is -0.950. The fourth-order valence-electron chi connectivity index (χ4n) is 6.61. The predicted molar refractivity (Wildman–Crippen MR) is 168 cm³/mol. The van der Waals surface area contributed by atoms with Gasteiger partial charge < -0.3 is 25.8 Å². The number of alkyl carbamates (subject to hydrolysis) is 1. The summed E-state index contributed by atoms with van der Waals surface area (Å²) in [6.07, 6.45) is 4.71. The van der Waals surface area contributed by atoms with E-state index in [0.29, 0.717) is 36.4 Å². The number of rotatable bonds is 12. The van der Waals surface area contributed by atoms with Crippen LogP contribution in [0.25, 0.3) is 0 Å². The molecule has 10 heteroatoms. The number of halogens is 2. The van der Waals surface area contributed by atoms with Crippen molar-refractivity contribution in [1.29, 1.82) is 0 Å². The van der Waals surface area contributed by atoms with E-state index in [2.05, 4.69) is 16.0 Å². The molecular weight excluding hydrogens is 585 g/mol. The number of carbonyl (C=O) groups excluding carboxylic acids is 3. The number of amides is 3. The van der Waals surface area contributed by atoms with E-state index < -0.39 is 40.9 Å². The Morgan fingerprint density at radius 3 is 2.45 bits per heavy atom. The Kier molecular flexibility index (Phi) is 11.3. The number of aliphatic hydroxyl groups excluding tert-OH is 1. The molecule has 3 amide bonds. The summed E-state index contributed by atoms with van der Waals surface area (Å²) in [5, 5.41) is 19.2. The van der Waals surface area contributed by atoms with Crippen molar-refractivity contribution in [2.24, 2.45) is 11.8 Å². The lowest BCUT2D eigenvalue weighted by Crippen LogP contribution is -2.60. The van der Waals surface area contributed by atoms with Gasteiger partial charge in [-0.25, -0.2) is 9.18 Å². The number of ether oxygens (including phenoxy) is 1. The number of hydrogen-bond acceptors (Lipinski definition) is 5. The molecule has 0 bridgehead atoms. The zero-order chi connectivity index (χ0) is 31.9. The minimum Gasteiger partial charge on any atom is -0.440 e. The van der Waals surface area contributed by atoms with Crippen molar-refractivity contribution in [3.05, 3.63) is 70.5 Å². The van der Waals surface area contributed by atoms with Crippen molar-refractivity contribution in [3.63, 3.8) is 0 Å². The highest BCUT2D eigenvalue weighted by Crippen LogP contribution is 2.41.